The summed E-state index contributed by atoms with van der Waals surface area (Å²) in [6, 6.07) is 1.21. The van der Waals surface area contributed by atoms with Crippen LogP contribution >= 0.6 is 0 Å². The van der Waals surface area contributed by atoms with Crippen molar-refractivity contribution in [2.24, 2.45) is 16.6 Å². The summed E-state index contributed by atoms with van der Waals surface area (Å²) in [5.74, 6) is 0.732. The van der Waals surface area contributed by atoms with Gasteiger partial charge in [-0.2, -0.15) is 0 Å². The molecule has 0 spiro atoms. The minimum atomic E-state index is 0.567. The summed E-state index contributed by atoms with van der Waals surface area (Å²) in [5, 5.41) is 0. The molecule has 68 valence electrons. The molecule has 1 saturated carbocycles. The smallest absolute Gasteiger partial charge is 0.0854 e. The van der Waals surface area contributed by atoms with E-state index < -0.39 is 0 Å². The highest BCUT2D eigenvalue weighted by Gasteiger charge is 2.34. The zero-order valence-electron chi connectivity index (χ0n) is 7.61. The third-order valence-electron chi connectivity index (χ3n) is 3.19. The first-order valence-electron chi connectivity index (χ1n) is 4.76. The van der Waals surface area contributed by atoms with Crippen LogP contribution in [0.2, 0.25) is 0 Å². The van der Waals surface area contributed by atoms with E-state index in [9.17, 15) is 0 Å². The van der Waals surface area contributed by atoms with Crippen molar-refractivity contribution in [1.29, 1.82) is 0 Å². The Labute approximate surface area is 73.6 Å². The number of nitrogens with two attached hydrogens (primary N) is 1. The predicted molar refractivity (Wildman–Crippen MR) is 50.2 cm³/mol. The van der Waals surface area contributed by atoms with Gasteiger partial charge in [0.05, 0.1) is 18.4 Å². The summed E-state index contributed by atoms with van der Waals surface area (Å²) in [5.41, 5.74) is 5.67. The van der Waals surface area contributed by atoms with Crippen LogP contribution in [-0.2, 0) is 0 Å². The second-order valence-electron chi connectivity index (χ2n) is 3.98. The fraction of sp³-hybridized carbons (Fsp3) is 0.889. The van der Waals surface area contributed by atoms with E-state index in [4.69, 9.17) is 5.73 Å². The zero-order chi connectivity index (χ0) is 8.55. The highest BCUT2D eigenvalue weighted by atomic mass is 15.2. The molecular weight excluding hydrogens is 150 g/mol. The Morgan fingerprint density at radius 2 is 2.42 bits per heavy atom. The monoisotopic (exact) mass is 167 g/mol. The molecule has 0 radical (unpaired) electrons. The largest absolute Gasteiger partial charge is 0.361 e. The van der Waals surface area contributed by atoms with Crippen molar-refractivity contribution < 1.29 is 0 Å². The molecule has 0 aromatic heterocycles. The van der Waals surface area contributed by atoms with E-state index in [2.05, 4.69) is 16.9 Å². The van der Waals surface area contributed by atoms with Crippen molar-refractivity contribution in [3.8, 4) is 0 Å². The second kappa shape index (κ2) is 3.05. The lowest BCUT2D eigenvalue weighted by Crippen LogP contribution is -2.40. The van der Waals surface area contributed by atoms with Crippen LogP contribution in [0.25, 0.3) is 0 Å². The van der Waals surface area contributed by atoms with Gasteiger partial charge in [-0.05, 0) is 31.7 Å². The van der Waals surface area contributed by atoms with Gasteiger partial charge in [-0.25, -0.2) is 0 Å². The zero-order valence-corrected chi connectivity index (χ0v) is 7.61. The molecule has 0 amide bonds. The van der Waals surface area contributed by atoms with Gasteiger partial charge in [-0.15, -0.1) is 0 Å². The number of fused-ring (bicyclic) bond motifs is 1. The van der Waals surface area contributed by atoms with E-state index in [0.717, 1.165) is 12.5 Å². The van der Waals surface area contributed by atoms with Crippen LogP contribution in [0.5, 0.6) is 0 Å². The topological polar surface area (TPSA) is 41.6 Å². The maximum Gasteiger partial charge on any atom is 0.0854 e. The number of likely N-dealkylation sites (N-methyl/N-ethyl adjacent to an activating group) is 1. The SMILES string of the molecule is CN1C=NC2CCC(CN)CC21. The van der Waals surface area contributed by atoms with Crippen molar-refractivity contribution in [2.45, 2.75) is 31.3 Å². The van der Waals surface area contributed by atoms with Gasteiger partial charge in [-0.3, -0.25) is 4.99 Å². The Kier molecular flexibility index (Phi) is 2.05. The Morgan fingerprint density at radius 3 is 3.17 bits per heavy atom. The number of aliphatic imine (C=N–C) groups is 1. The molecule has 1 fully saturated rings. The average molecular weight is 167 g/mol. The molecule has 3 atom stereocenters. The first-order chi connectivity index (χ1) is 5.81. The predicted octanol–water partition coefficient (Wildman–Crippen LogP) is 0.456. The van der Waals surface area contributed by atoms with Crippen molar-refractivity contribution in [3.05, 3.63) is 0 Å². The molecule has 2 N–H and O–H groups in total. The Bertz CT molecular complexity index is 190. The molecule has 3 nitrogen and oxygen atoms in total. The first-order valence-corrected chi connectivity index (χ1v) is 4.76. The third-order valence-corrected chi connectivity index (χ3v) is 3.19. The minimum Gasteiger partial charge on any atom is -0.361 e. The highest BCUT2D eigenvalue weighted by molar-refractivity contribution is 5.58. The maximum absolute atomic E-state index is 5.67. The van der Waals surface area contributed by atoms with Crippen LogP contribution in [0.1, 0.15) is 19.3 Å². The molecular formula is C9H17N3. The molecule has 1 aliphatic carbocycles. The van der Waals surface area contributed by atoms with E-state index >= 15 is 0 Å². The molecule has 2 rings (SSSR count). The summed E-state index contributed by atoms with van der Waals surface area (Å²) in [6.45, 7) is 0.844. The maximum atomic E-state index is 5.67. The molecule has 0 bridgehead atoms. The van der Waals surface area contributed by atoms with Crippen molar-refractivity contribution in [2.75, 3.05) is 13.6 Å². The number of hydrogen-bond acceptors (Lipinski definition) is 3. The summed E-state index contributed by atoms with van der Waals surface area (Å²) in [4.78, 5) is 6.71. The van der Waals surface area contributed by atoms with Crippen molar-refractivity contribution >= 4 is 6.34 Å². The normalized spacial score (nSPS) is 40.2. The Balaban J connectivity index is 2.00. The third kappa shape index (κ3) is 1.22. The van der Waals surface area contributed by atoms with E-state index in [0.29, 0.717) is 12.1 Å². The average Bonchev–Trinajstić information content (AvgIpc) is 2.47. The summed E-state index contributed by atoms with van der Waals surface area (Å²) in [6.07, 6.45) is 5.71. The van der Waals surface area contributed by atoms with Gasteiger partial charge in [0.1, 0.15) is 0 Å². The fourth-order valence-electron chi connectivity index (χ4n) is 2.32. The van der Waals surface area contributed by atoms with E-state index in [1.54, 1.807) is 0 Å². The van der Waals surface area contributed by atoms with Crippen LogP contribution < -0.4 is 5.73 Å². The molecule has 3 heteroatoms. The van der Waals surface area contributed by atoms with Gasteiger partial charge >= 0.3 is 0 Å². The Hall–Kier alpha value is -0.570. The summed E-state index contributed by atoms with van der Waals surface area (Å²) in [7, 11) is 2.12. The molecule has 12 heavy (non-hydrogen) atoms. The van der Waals surface area contributed by atoms with Crippen molar-refractivity contribution in [3.63, 3.8) is 0 Å². The van der Waals surface area contributed by atoms with Gasteiger partial charge in [0.2, 0.25) is 0 Å². The second-order valence-corrected chi connectivity index (χ2v) is 3.98. The van der Waals surface area contributed by atoms with Crippen molar-refractivity contribution in [1.82, 2.24) is 4.90 Å². The van der Waals surface area contributed by atoms with Crippen LogP contribution in [-0.4, -0.2) is 36.9 Å². The Morgan fingerprint density at radius 1 is 1.58 bits per heavy atom. The number of nitrogens with zero attached hydrogens (tertiary/aromatic N) is 2. The number of hydrogen-bond donors (Lipinski definition) is 1. The molecule has 2 aliphatic rings. The van der Waals surface area contributed by atoms with Gasteiger partial charge in [0.25, 0.3) is 0 Å². The molecule has 3 unspecified atom stereocenters. The lowest BCUT2D eigenvalue weighted by Gasteiger charge is -2.33. The molecule has 0 saturated heterocycles. The van der Waals surface area contributed by atoms with Gasteiger partial charge < -0.3 is 10.6 Å². The van der Waals surface area contributed by atoms with Gasteiger partial charge in [-0.1, -0.05) is 0 Å². The first kappa shape index (κ1) is 8.05. The standard InChI is InChI=1S/C9H17N3/c1-12-6-11-8-3-2-7(5-10)4-9(8)12/h6-9H,2-5,10H2,1H3. The highest BCUT2D eigenvalue weighted by Crippen LogP contribution is 2.30. The van der Waals surface area contributed by atoms with Crippen LogP contribution in [0.15, 0.2) is 4.99 Å². The molecule has 0 aromatic carbocycles. The lowest BCUT2D eigenvalue weighted by atomic mass is 9.83. The lowest BCUT2D eigenvalue weighted by molar-refractivity contribution is 0.223. The van der Waals surface area contributed by atoms with Crippen LogP contribution in [0.3, 0.4) is 0 Å². The number of rotatable bonds is 1. The van der Waals surface area contributed by atoms with Gasteiger partial charge in [0, 0.05) is 7.05 Å². The van der Waals surface area contributed by atoms with E-state index in [1.165, 1.54) is 19.3 Å². The van der Waals surface area contributed by atoms with Gasteiger partial charge in [0.15, 0.2) is 0 Å². The molecule has 0 aromatic rings. The van der Waals surface area contributed by atoms with Crippen LogP contribution in [0, 0.1) is 5.92 Å². The quantitative estimate of drug-likeness (QED) is 0.616. The van der Waals surface area contributed by atoms with E-state index in [1.807, 2.05) is 6.34 Å². The van der Waals surface area contributed by atoms with E-state index in [-0.39, 0.29) is 0 Å². The summed E-state index contributed by atoms with van der Waals surface area (Å²) < 4.78 is 0. The fourth-order valence-corrected chi connectivity index (χ4v) is 2.32. The van der Waals surface area contributed by atoms with Crippen LogP contribution in [0.4, 0.5) is 0 Å². The molecule has 1 heterocycles. The molecule has 1 aliphatic heterocycles. The minimum absolute atomic E-state index is 0.567. The summed E-state index contributed by atoms with van der Waals surface area (Å²) >= 11 is 0.